The van der Waals surface area contributed by atoms with Gasteiger partial charge in [-0.15, -0.1) is 0 Å². The van der Waals surface area contributed by atoms with Crippen molar-refractivity contribution < 1.29 is 5.11 Å². The van der Waals surface area contributed by atoms with Crippen LogP contribution >= 0.6 is 0 Å². The highest BCUT2D eigenvalue weighted by atomic mass is 16.2. The monoisotopic (exact) mass is 139 g/mol. The van der Waals surface area contributed by atoms with Crippen molar-refractivity contribution in [3.05, 3.63) is 11.6 Å². The summed E-state index contributed by atoms with van der Waals surface area (Å²) in [6, 6.07) is 0. The Hall–Kier alpha value is -0.275. The first kappa shape index (κ1) is 7.83. The number of aliphatic hydroxyl groups excluding tert-OH is 1. The molecule has 1 aliphatic heterocycles. The van der Waals surface area contributed by atoms with Crippen molar-refractivity contribution >= 4 is 7.98 Å². The van der Waals surface area contributed by atoms with Gasteiger partial charge in [0.1, 0.15) is 0 Å². The van der Waals surface area contributed by atoms with Gasteiger partial charge in [-0.1, -0.05) is 11.6 Å². The van der Waals surface area contributed by atoms with Crippen molar-refractivity contribution in [2.24, 2.45) is 0 Å². The van der Waals surface area contributed by atoms with Crippen LogP contribution in [0.4, 0.5) is 0 Å². The van der Waals surface area contributed by atoms with E-state index in [-0.39, 0.29) is 6.61 Å². The molecule has 1 saturated heterocycles. The smallest absolute Gasteiger partial charge is 0.185 e. The largest absolute Gasteiger partial charge is 0.392 e. The lowest BCUT2D eigenvalue weighted by atomic mass is 10.0. The molecule has 10 heavy (non-hydrogen) atoms. The molecule has 0 aliphatic carbocycles. The van der Waals surface area contributed by atoms with Gasteiger partial charge in [-0.2, -0.15) is 0 Å². The van der Waals surface area contributed by atoms with E-state index < -0.39 is 0 Å². The van der Waals surface area contributed by atoms with Crippen molar-refractivity contribution in [1.29, 1.82) is 0 Å². The molecule has 2 nitrogen and oxygen atoms in total. The van der Waals surface area contributed by atoms with Gasteiger partial charge in [-0.05, 0) is 19.4 Å². The number of piperidine rings is 1. The fraction of sp³-hybridized carbons (Fsp3) is 0.714. The number of aliphatic hydroxyl groups is 1. The van der Waals surface area contributed by atoms with Crippen LogP contribution in [0, 0.1) is 0 Å². The summed E-state index contributed by atoms with van der Waals surface area (Å²) in [7, 11) is 2.12. The average Bonchev–Trinajstić information content (AvgIpc) is 1.88. The van der Waals surface area contributed by atoms with Crippen LogP contribution in [0.15, 0.2) is 11.6 Å². The maximum absolute atomic E-state index is 8.61. The first-order chi connectivity index (χ1) is 4.83. The highest BCUT2D eigenvalue weighted by Gasteiger charge is 2.08. The highest BCUT2D eigenvalue weighted by molar-refractivity contribution is 6.04. The molecule has 1 fully saturated rings. The predicted octanol–water partition coefficient (Wildman–Crippen LogP) is -0.451. The number of hydrogen-bond donors (Lipinski definition) is 1. The first-order valence-corrected chi connectivity index (χ1v) is 3.80. The molecule has 1 N–H and O–H groups in total. The van der Waals surface area contributed by atoms with Crippen molar-refractivity contribution in [3.63, 3.8) is 0 Å². The van der Waals surface area contributed by atoms with Crippen molar-refractivity contribution in [2.75, 3.05) is 19.7 Å². The molecule has 56 valence electrons. The summed E-state index contributed by atoms with van der Waals surface area (Å²) < 4.78 is 0. The molecule has 3 heteroatoms. The number of nitrogens with zero attached hydrogens (tertiary/aromatic N) is 1. The molecular formula is C7H14BNO. The lowest BCUT2D eigenvalue weighted by Crippen LogP contribution is -2.28. The van der Waals surface area contributed by atoms with Crippen LogP contribution in [-0.4, -0.2) is 37.6 Å². The minimum atomic E-state index is 0.198. The van der Waals surface area contributed by atoms with E-state index in [9.17, 15) is 0 Å². The van der Waals surface area contributed by atoms with Gasteiger partial charge in [0.15, 0.2) is 7.98 Å². The second kappa shape index (κ2) is 3.79. The fourth-order valence-corrected chi connectivity index (χ4v) is 1.38. The van der Waals surface area contributed by atoms with E-state index in [2.05, 4.69) is 12.8 Å². The van der Waals surface area contributed by atoms with E-state index in [1.54, 1.807) is 0 Å². The Bertz CT molecular complexity index is 136. The Kier molecular flexibility index (Phi) is 2.96. The van der Waals surface area contributed by atoms with E-state index >= 15 is 0 Å². The summed E-state index contributed by atoms with van der Waals surface area (Å²) in [6.45, 7) is 2.44. The van der Waals surface area contributed by atoms with Crippen LogP contribution < -0.4 is 0 Å². The molecule has 0 bridgehead atoms. The fourth-order valence-electron chi connectivity index (χ4n) is 1.38. The minimum Gasteiger partial charge on any atom is -0.392 e. The van der Waals surface area contributed by atoms with Crippen LogP contribution in [0.3, 0.4) is 0 Å². The van der Waals surface area contributed by atoms with Crippen molar-refractivity contribution in [1.82, 2.24) is 4.81 Å². The van der Waals surface area contributed by atoms with Gasteiger partial charge >= 0.3 is 0 Å². The molecule has 0 atom stereocenters. The van der Waals surface area contributed by atoms with Gasteiger partial charge in [0.2, 0.25) is 0 Å². The average molecular weight is 139 g/mol. The zero-order valence-corrected chi connectivity index (χ0v) is 6.51. The van der Waals surface area contributed by atoms with Gasteiger partial charge in [0, 0.05) is 6.54 Å². The summed E-state index contributed by atoms with van der Waals surface area (Å²) in [6.07, 6.45) is 4.34. The van der Waals surface area contributed by atoms with Crippen molar-refractivity contribution in [2.45, 2.75) is 12.8 Å². The molecule has 0 saturated carbocycles. The second-order valence-electron chi connectivity index (χ2n) is 2.89. The number of hydrogen-bond acceptors (Lipinski definition) is 2. The Morgan fingerprint density at radius 1 is 1.70 bits per heavy atom. The maximum Gasteiger partial charge on any atom is 0.185 e. The second-order valence-corrected chi connectivity index (χ2v) is 2.89. The summed E-state index contributed by atoms with van der Waals surface area (Å²) in [5, 5.41) is 8.61. The summed E-state index contributed by atoms with van der Waals surface area (Å²) in [5.74, 6) is 0. The SMILES string of the molecule is BN1CCC/C(=C\CO)C1. The Balaban J connectivity index is 2.39. The molecule has 0 aromatic heterocycles. The Labute approximate surface area is 63.0 Å². The van der Waals surface area contributed by atoms with E-state index in [1.165, 1.54) is 25.0 Å². The van der Waals surface area contributed by atoms with E-state index in [4.69, 9.17) is 5.11 Å². The first-order valence-electron chi connectivity index (χ1n) is 3.80. The van der Waals surface area contributed by atoms with Gasteiger partial charge < -0.3 is 9.92 Å². The summed E-state index contributed by atoms with van der Waals surface area (Å²) in [5.41, 5.74) is 1.39. The molecule has 1 aliphatic rings. The number of rotatable bonds is 1. The molecular weight excluding hydrogens is 125 g/mol. The zero-order chi connectivity index (χ0) is 7.40. The minimum absolute atomic E-state index is 0.198. The maximum atomic E-state index is 8.61. The zero-order valence-electron chi connectivity index (χ0n) is 6.51. The summed E-state index contributed by atoms with van der Waals surface area (Å²) in [4.78, 5) is 2.28. The quantitative estimate of drug-likeness (QED) is 0.392. The van der Waals surface area contributed by atoms with E-state index in [0.29, 0.717) is 0 Å². The van der Waals surface area contributed by atoms with Crippen LogP contribution in [0.1, 0.15) is 12.8 Å². The third kappa shape index (κ3) is 2.16. The van der Waals surface area contributed by atoms with Crippen molar-refractivity contribution in [3.8, 4) is 0 Å². The van der Waals surface area contributed by atoms with Crippen LogP contribution in [-0.2, 0) is 0 Å². The van der Waals surface area contributed by atoms with Gasteiger partial charge in [-0.3, -0.25) is 0 Å². The molecule has 0 amide bonds. The van der Waals surface area contributed by atoms with Crippen LogP contribution in [0.5, 0.6) is 0 Å². The topological polar surface area (TPSA) is 23.5 Å². The molecule has 1 rings (SSSR count). The van der Waals surface area contributed by atoms with Gasteiger partial charge in [0.05, 0.1) is 6.61 Å². The molecule has 0 aromatic carbocycles. The summed E-state index contributed by atoms with van der Waals surface area (Å²) >= 11 is 0. The Morgan fingerprint density at radius 2 is 2.50 bits per heavy atom. The molecule has 1 heterocycles. The molecule has 0 spiro atoms. The van der Waals surface area contributed by atoms with Gasteiger partial charge in [-0.25, -0.2) is 0 Å². The predicted molar refractivity (Wildman–Crippen MR) is 44.5 cm³/mol. The highest BCUT2D eigenvalue weighted by Crippen LogP contribution is 2.12. The standard InChI is InChI=1S/C7H14BNO/c8-9-4-1-2-7(6-9)3-5-10/h3,10H,1-2,4-6,8H2/b7-3+. The van der Waals surface area contributed by atoms with E-state index in [1.807, 2.05) is 6.08 Å². The molecule has 0 unspecified atom stereocenters. The molecule has 0 radical (unpaired) electrons. The lowest BCUT2D eigenvalue weighted by Gasteiger charge is -2.24. The van der Waals surface area contributed by atoms with E-state index in [0.717, 1.165) is 6.54 Å². The Morgan fingerprint density at radius 3 is 3.10 bits per heavy atom. The van der Waals surface area contributed by atoms with Crippen LogP contribution in [0.2, 0.25) is 0 Å². The normalized spacial score (nSPS) is 25.5. The third-order valence-corrected chi connectivity index (χ3v) is 1.89. The molecule has 0 aromatic rings. The lowest BCUT2D eigenvalue weighted by molar-refractivity contribution is 0.338. The third-order valence-electron chi connectivity index (χ3n) is 1.89. The van der Waals surface area contributed by atoms with Crippen LogP contribution in [0.25, 0.3) is 0 Å². The van der Waals surface area contributed by atoms with Gasteiger partial charge in [0.25, 0.3) is 0 Å².